The summed E-state index contributed by atoms with van der Waals surface area (Å²) < 4.78 is 5.95. The van der Waals surface area contributed by atoms with E-state index in [-0.39, 0.29) is 24.1 Å². The standard InChI is InChI=1S/C21H29N3O3/c25-20-11-12-27-19-15-23(21(26)22-17-9-5-2-6-10-17)14-18(19)24(20)13-16-7-3-1-4-8-16/h1,3-4,7-8,17-19H,2,5-6,9-15H2,(H,22,26)/t18-,19-/m0/s1. The van der Waals surface area contributed by atoms with Gasteiger partial charge < -0.3 is 19.9 Å². The second kappa shape index (κ2) is 8.30. The Morgan fingerprint density at radius 3 is 2.67 bits per heavy atom. The van der Waals surface area contributed by atoms with Crippen molar-refractivity contribution >= 4 is 11.9 Å². The first-order valence-electron chi connectivity index (χ1n) is 10.2. The zero-order valence-corrected chi connectivity index (χ0v) is 15.8. The topological polar surface area (TPSA) is 61.9 Å². The second-order valence-electron chi connectivity index (χ2n) is 7.92. The molecule has 3 fully saturated rings. The number of rotatable bonds is 3. The van der Waals surface area contributed by atoms with Crippen LogP contribution in [-0.2, 0) is 16.1 Å². The van der Waals surface area contributed by atoms with Crippen molar-refractivity contribution in [1.82, 2.24) is 15.1 Å². The van der Waals surface area contributed by atoms with Crippen LogP contribution in [0.15, 0.2) is 30.3 Å². The van der Waals surface area contributed by atoms with Gasteiger partial charge in [0, 0.05) is 19.1 Å². The average Bonchev–Trinajstić information content (AvgIpc) is 3.06. The molecule has 2 atom stereocenters. The molecule has 0 radical (unpaired) electrons. The Bertz CT molecular complexity index is 660. The highest BCUT2D eigenvalue weighted by Crippen LogP contribution is 2.26. The van der Waals surface area contributed by atoms with E-state index in [1.54, 1.807) is 0 Å². The van der Waals surface area contributed by atoms with Crippen molar-refractivity contribution in [3.63, 3.8) is 0 Å². The number of hydrogen-bond acceptors (Lipinski definition) is 3. The number of nitrogens with one attached hydrogen (secondary N) is 1. The Labute approximate surface area is 160 Å². The lowest BCUT2D eigenvalue weighted by atomic mass is 9.96. The number of amides is 3. The third-order valence-corrected chi connectivity index (χ3v) is 6.02. The molecule has 1 aliphatic carbocycles. The predicted octanol–water partition coefficient (Wildman–Crippen LogP) is 2.53. The molecule has 0 bridgehead atoms. The number of hydrogen-bond donors (Lipinski definition) is 1. The summed E-state index contributed by atoms with van der Waals surface area (Å²) >= 11 is 0. The molecule has 2 saturated heterocycles. The quantitative estimate of drug-likeness (QED) is 0.888. The summed E-state index contributed by atoms with van der Waals surface area (Å²) in [4.78, 5) is 29.2. The average molecular weight is 371 g/mol. The van der Waals surface area contributed by atoms with E-state index < -0.39 is 0 Å². The van der Waals surface area contributed by atoms with Crippen molar-refractivity contribution in [3.05, 3.63) is 35.9 Å². The number of carbonyl (C=O) groups is 2. The van der Waals surface area contributed by atoms with E-state index >= 15 is 0 Å². The molecule has 1 N–H and O–H groups in total. The Balaban J connectivity index is 1.43. The van der Waals surface area contributed by atoms with Crippen LogP contribution in [0.4, 0.5) is 4.79 Å². The van der Waals surface area contributed by atoms with E-state index in [1.807, 2.05) is 40.1 Å². The van der Waals surface area contributed by atoms with Crippen LogP contribution >= 0.6 is 0 Å². The smallest absolute Gasteiger partial charge is 0.317 e. The van der Waals surface area contributed by atoms with E-state index in [0.717, 1.165) is 18.4 Å². The summed E-state index contributed by atoms with van der Waals surface area (Å²) in [6.45, 7) is 2.11. The molecule has 3 amide bonds. The Morgan fingerprint density at radius 1 is 1.11 bits per heavy atom. The maximum Gasteiger partial charge on any atom is 0.317 e. The van der Waals surface area contributed by atoms with Crippen molar-refractivity contribution in [2.75, 3.05) is 19.7 Å². The molecular weight excluding hydrogens is 342 g/mol. The lowest BCUT2D eigenvalue weighted by molar-refractivity contribution is -0.133. The number of carbonyl (C=O) groups excluding carboxylic acids is 2. The zero-order valence-electron chi connectivity index (χ0n) is 15.8. The van der Waals surface area contributed by atoms with Gasteiger partial charge in [-0.05, 0) is 18.4 Å². The number of ether oxygens (including phenoxy) is 1. The Morgan fingerprint density at radius 2 is 1.89 bits per heavy atom. The fourth-order valence-corrected chi connectivity index (χ4v) is 4.51. The second-order valence-corrected chi connectivity index (χ2v) is 7.92. The minimum absolute atomic E-state index is 0.00863. The van der Waals surface area contributed by atoms with E-state index in [4.69, 9.17) is 4.74 Å². The number of fused-ring (bicyclic) bond motifs is 1. The molecule has 6 nitrogen and oxygen atoms in total. The first kappa shape index (κ1) is 18.3. The van der Waals surface area contributed by atoms with E-state index in [0.29, 0.717) is 38.7 Å². The largest absolute Gasteiger partial charge is 0.374 e. The van der Waals surface area contributed by atoms with Crippen LogP contribution in [0.5, 0.6) is 0 Å². The van der Waals surface area contributed by atoms with E-state index in [2.05, 4.69) is 5.32 Å². The Kier molecular flexibility index (Phi) is 5.62. The first-order chi connectivity index (χ1) is 13.2. The van der Waals surface area contributed by atoms with Crippen LogP contribution in [0.3, 0.4) is 0 Å². The molecule has 0 unspecified atom stereocenters. The van der Waals surface area contributed by atoms with Gasteiger partial charge in [0.05, 0.1) is 31.7 Å². The van der Waals surface area contributed by atoms with Crippen LogP contribution in [0.25, 0.3) is 0 Å². The van der Waals surface area contributed by atoms with Crippen molar-refractivity contribution in [2.24, 2.45) is 0 Å². The summed E-state index contributed by atoms with van der Waals surface area (Å²) in [5, 5.41) is 3.19. The third kappa shape index (κ3) is 4.26. The normalized spacial score (nSPS) is 26.6. The molecule has 146 valence electrons. The SMILES string of the molecule is O=C(NC1CCCCC1)N1C[C@@H]2OCCC(=O)N(Cc3ccccc3)[C@H]2C1. The van der Waals surface area contributed by atoms with Gasteiger partial charge in [0.15, 0.2) is 0 Å². The van der Waals surface area contributed by atoms with E-state index in [1.165, 1.54) is 19.3 Å². The number of likely N-dealkylation sites (tertiary alicyclic amines) is 1. The zero-order chi connectivity index (χ0) is 18.6. The summed E-state index contributed by atoms with van der Waals surface area (Å²) in [5.74, 6) is 0.112. The van der Waals surface area contributed by atoms with Crippen molar-refractivity contribution in [2.45, 2.75) is 63.3 Å². The molecule has 0 aromatic heterocycles. The monoisotopic (exact) mass is 371 g/mol. The lowest BCUT2D eigenvalue weighted by Gasteiger charge is -2.30. The molecule has 2 heterocycles. The minimum Gasteiger partial charge on any atom is -0.374 e. The van der Waals surface area contributed by atoms with Gasteiger partial charge >= 0.3 is 6.03 Å². The molecule has 6 heteroatoms. The summed E-state index contributed by atoms with van der Waals surface area (Å²) in [6.07, 6.45) is 6.11. The van der Waals surface area contributed by atoms with Crippen molar-refractivity contribution in [3.8, 4) is 0 Å². The third-order valence-electron chi connectivity index (χ3n) is 6.02. The summed E-state index contributed by atoms with van der Waals surface area (Å²) in [5.41, 5.74) is 1.11. The fraction of sp³-hybridized carbons (Fsp3) is 0.619. The highest BCUT2D eigenvalue weighted by molar-refractivity contribution is 5.78. The number of benzene rings is 1. The van der Waals surface area contributed by atoms with Gasteiger partial charge in [-0.2, -0.15) is 0 Å². The van der Waals surface area contributed by atoms with E-state index in [9.17, 15) is 9.59 Å². The highest BCUT2D eigenvalue weighted by atomic mass is 16.5. The molecule has 2 aliphatic heterocycles. The van der Waals surface area contributed by atoms with Gasteiger partial charge in [-0.1, -0.05) is 49.6 Å². The molecular formula is C21H29N3O3. The van der Waals surface area contributed by atoms with Gasteiger partial charge in [0.2, 0.25) is 5.91 Å². The summed E-state index contributed by atoms with van der Waals surface area (Å²) in [7, 11) is 0. The van der Waals surface area contributed by atoms with Crippen molar-refractivity contribution in [1.29, 1.82) is 0 Å². The predicted molar refractivity (Wildman–Crippen MR) is 102 cm³/mol. The van der Waals surface area contributed by atoms with Gasteiger partial charge in [-0.3, -0.25) is 4.79 Å². The Hall–Kier alpha value is -2.08. The van der Waals surface area contributed by atoms with Crippen LogP contribution in [-0.4, -0.2) is 59.6 Å². The van der Waals surface area contributed by atoms with Crippen LogP contribution < -0.4 is 5.32 Å². The molecule has 27 heavy (non-hydrogen) atoms. The first-order valence-corrected chi connectivity index (χ1v) is 10.2. The van der Waals surface area contributed by atoms with Crippen LogP contribution in [0.1, 0.15) is 44.1 Å². The maximum atomic E-state index is 12.7. The van der Waals surface area contributed by atoms with Crippen molar-refractivity contribution < 1.29 is 14.3 Å². The number of nitrogens with zero attached hydrogens (tertiary/aromatic N) is 2. The van der Waals surface area contributed by atoms with Gasteiger partial charge in [-0.15, -0.1) is 0 Å². The molecule has 1 aromatic carbocycles. The highest BCUT2D eigenvalue weighted by Gasteiger charge is 2.43. The fourth-order valence-electron chi connectivity index (χ4n) is 4.51. The molecule has 4 rings (SSSR count). The lowest BCUT2D eigenvalue weighted by Crippen LogP contribution is -2.47. The summed E-state index contributed by atoms with van der Waals surface area (Å²) in [6, 6.07) is 10.2. The van der Waals surface area contributed by atoms with Gasteiger partial charge in [0.1, 0.15) is 0 Å². The van der Waals surface area contributed by atoms with Gasteiger partial charge in [-0.25, -0.2) is 4.79 Å². The molecule has 1 saturated carbocycles. The molecule has 1 aromatic rings. The molecule has 3 aliphatic rings. The molecule has 0 spiro atoms. The van der Waals surface area contributed by atoms with Gasteiger partial charge in [0.25, 0.3) is 0 Å². The maximum absolute atomic E-state index is 12.7. The minimum atomic E-state index is -0.0998. The van der Waals surface area contributed by atoms with Crippen LogP contribution in [0.2, 0.25) is 0 Å². The number of urea groups is 1. The van der Waals surface area contributed by atoms with Crippen LogP contribution in [0, 0.1) is 0 Å².